The van der Waals surface area contributed by atoms with Gasteiger partial charge in [0.15, 0.2) is 5.96 Å². The third kappa shape index (κ3) is 7.64. The van der Waals surface area contributed by atoms with Gasteiger partial charge in [-0.2, -0.15) is 0 Å². The van der Waals surface area contributed by atoms with Crippen molar-refractivity contribution < 1.29 is 12.8 Å². The van der Waals surface area contributed by atoms with Gasteiger partial charge in [0.2, 0.25) is 15.9 Å². The molecule has 1 heterocycles. The maximum absolute atomic E-state index is 11.3. The van der Waals surface area contributed by atoms with Crippen molar-refractivity contribution in [2.24, 2.45) is 10.1 Å². The molecule has 0 aliphatic carbocycles. The lowest BCUT2D eigenvalue weighted by Crippen LogP contribution is -2.38. The molecule has 0 radical (unpaired) electrons. The number of sulfonamides is 1. The molecule has 31 heavy (non-hydrogen) atoms. The van der Waals surface area contributed by atoms with E-state index in [9.17, 15) is 8.42 Å². The predicted molar refractivity (Wildman–Crippen MR) is 132 cm³/mol. The van der Waals surface area contributed by atoms with Crippen LogP contribution >= 0.6 is 24.0 Å². The Morgan fingerprint density at radius 3 is 2.45 bits per heavy atom. The molecule has 3 rings (SSSR count). The van der Waals surface area contributed by atoms with Crippen LogP contribution in [0, 0.1) is 0 Å². The second-order valence-corrected chi connectivity index (χ2v) is 8.13. The summed E-state index contributed by atoms with van der Waals surface area (Å²) in [6, 6.07) is 16.2. The highest BCUT2D eigenvalue weighted by atomic mass is 127. The third-order valence-corrected chi connectivity index (χ3v) is 5.20. The molecule has 166 valence electrons. The van der Waals surface area contributed by atoms with Gasteiger partial charge in [0, 0.05) is 18.7 Å². The number of primary sulfonamides is 1. The van der Waals surface area contributed by atoms with Crippen molar-refractivity contribution in [2.75, 3.05) is 13.1 Å². The molecule has 8 nitrogen and oxygen atoms in total. The molecule has 0 saturated heterocycles. The molecule has 4 N–H and O–H groups in total. The summed E-state index contributed by atoms with van der Waals surface area (Å²) >= 11 is 0. The summed E-state index contributed by atoms with van der Waals surface area (Å²) in [6.07, 6.45) is 2.32. The average Bonchev–Trinajstić information content (AvgIpc) is 3.21. The zero-order valence-corrected chi connectivity index (χ0v) is 20.3. The first-order chi connectivity index (χ1) is 14.5. The van der Waals surface area contributed by atoms with Gasteiger partial charge in [-0.05, 0) is 43.2 Å². The van der Waals surface area contributed by atoms with Crippen molar-refractivity contribution in [2.45, 2.75) is 24.8 Å². The van der Waals surface area contributed by atoms with Crippen LogP contribution < -0.4 is 15.8 Å². The number of hydrogen-bond acceptors (Lipinski definition) is 5. The molecule has 0 aliphatic rings. The molecule has 0 fully saturated rings. The van der Waals surface area contributed by atoms with E-state index in [0.717, 1.165) is 23.4 Å². The number of oxazole rings is 1. The topological polar surface area (TPSA) is 123 Å². The molecule has 0 amide bonds. The van der Waals surface area contributed by atoms with Crippen LogP contribution in [-0.4, -0.2) is 32.5 Å². The van der Waals surface area contributed by atoms with Crippen LogP contribution in [0.4, 0.5) is 0 Å². The fourth-order valence-corrected chi connectivity index (χ4v) is 3.28. The Kier molecular flexibility index (Phi) is 9.46. The number of nitrogens with two attached hydrogens (primary N) is 1. The molecule has 0 aliphatic heterocycles. The van der Waals surface area contributed by atoms with Crippen molar-refractivity contribution in [3.63, 3.8) is 0 Å². The highest BCUT2D eigenvalue weighted by Crippen LogP contribution is 2.18. The number of guanidine groups is 1. The second kappa shape index (κ2) is 11.8. The van der Waals surface area contributed by atoms with E-state index in [1.165, 1.54) is 12.1 Å². The predicted octanol–water partition coefficient (Wildman–Crippen LogP) is 2.90. The van der Waals surface area contributed by atoms with Crippen LogP contribution in [0.3, 0.4) is 0 Å². The normalized spacial score (nSPS) is 11.6. The smallest absolute Gasteiger partial charge is 0.238 e. The number of hydrogen-bond donors (Lipinski definition) is 3. The zero-order valence-electron chi connectivity index (χ0n) is 17.1. The van der Waals surface area contributed by atoms with E-state index in [1.54, 1.807) is 18.4 Å². The summed E-state index contributed by atoms with van der Waals surface area (Å²) in [5.41, 5.74) is 2.66. The first-order valence-electron chi connectivity index (χ1n) is 9.59. The summed E-state index contributed by atoms with van der Waals surface area (Å²) in [5, 5.41) is 11.6. The monoisotopic (exact) mass is 555 g/mol. The molecule has 0 spiro atoms. The van der Waals surface area contributed by atoms with Crippen LogP contribution in [0.15, 0.2) is 75.2 Å². The van der Waals surface area contributed by atoms with Gasteiger partial charge in [0.1, 0.15) is 12.0 Å². The first-order valence-corrected chi connectivity index (χ1v) is 11.1. The standard InChI is InChI=1S/C21H25N5O3S.HI/c1-2-23-21(24-13-12-16-8-10-19(11-9-16)30(22,27)28)25-14-18-15-29-20(26-18)17-6-4-3-5-7-17;/h3-11,15H,2,12-14H2,1H3,(H2,22,27,28)(H2,23,24,25);1H. The number of halogens is 1. The van der Waals surface area contributed by atoms with Crippen LogP contribution in [-0.2, 0) is 23.0 Å². The number of nitrogens with one attached hydrogen (secondary N) is 2. The molecular formula is C21H26IN5O3S. The number of nitrogens with zero attached hydrogens (tertiary/aromatic N) is 2. The van der Waals surface area contributed by atoms with Crippen molar-refractivity contribution in [3.05, 3.63) is 72.1 Å². The molecule has 1 aromatic heterocycles. The van der Waals surface area contributed by atoms with Crippen LogP contribution in [0.5, 0.6) is 0 Å². The van der Waals surface area contributed by atoms with Crippen molar-refractivity contribution >= 4 is 40.0 Å². The van der Waals surface area contributed by atoms with Gasteiger partial charge in [0.25, 0.3) is 0 Å². The van der Waals surface area contributed by atoms with Gasteiger partial charge in [-0.3, -0.25) is 0 Å². The van der Waals surface area contributed by atoms with E-state index in [2.05, 4.69) is 20.6 Å². The van der Waals surface area contributed by atoms with Crippen LogP contribution in [0.2, 0.25) is 0 Å². The van der Waals surface area contributed by atoms with Gasteiger partial charge in [0.05, 0.1) is 11.4 Å². The largest absolute Gasteiger partial charge is 0.444 e. The lowest BCUT2D eigenvalue weighted by Gasteiger charge is -2.11. The van der Waals surface area contributed by atoms with E-state index in [0.29, 0.717) is 31.4 Å². The summed E-state index contributed by atoms with van der Waals surface area (Å²) in [5.74, 6) is 1.24. The molecule has 0 saturated carbocycles. The molecular weight excluding hydrogens is 529 g/mol. The third-order valence-electron chi connectivity index (χ3n) is 4.27. The Bertz CT molecular complexity index is 1080. The summed E-state index contributed by atoms with van der Waals surface area (Å²) in [4.78, 5) is 9.13. The van der Waals surface area contributed by atoms with Crippen LogP contribution in [0.1, 0.15) is 18.2 Å². The van der Waals surface area contributed by atoms with E-state index in [4.69, 9.17) is 9.56 Å². The van der Waals surface area contributed by atoms with Crippen LogP contribution in [0.25, 0.3) is 11.5 Å². The summed E-state index contributed by atoms with van der Waals surface area (Å²) < 4.78 is 28.2. The van der Waals surface area contributed by atoms with Gasteiger partial charge >= 0.3 is 0 Å². The average molecular weight is 555 g/mol. The van der Waals surface area contributed by atoms with E-state index >= 15 is 0 Å². The van der Waals surface area contributed by atoms with E-state index in [1.807, 2.05) is 37.3 Å². The fraction of sp³-hybridized carbons (Fsp3) is 0.238. The molecule has 0 bridgehead atoms. The zero-order chi connectivity index (χ0) is 21.4. The van der Waals surface area contributed by atoms with Gasteiger partial charge in [-0.25, -0.2) is 23.5 Å². The Balaban J connectivity index is 0.00000341. The lowest BCUT2D eigenvalue weighted by molar-refractivity contribution is 0.572. The molecule has 10 heteroatoms. The lowest BCUT2D eigenvalue weighted by atomic mass is 10.1. The van der Waals surface area contributed by atoms with E-state index in [-0.39, 0.29) is 28.9 Å². The van der Waals surface area contributed by atoms with Gasteiger partial charge in [-0.1, -0.05) is 30.3 Å². The number of rotatable bonds is 8. The Morgan fingerprint density at radius 2 is 1.81 bits per heavy atom. The fourth-order valence-electron chi connectivity index (χ4n) is 2.77. The summed E-state index contributed by atoms with van der Waals surface area (Å²) in [6.45, 7) is 3.74. The van der Waals surface area contributed by atoms with E-state index < -0.39 is 10.0 Å². The Labute approximate surface area is 199 Å². The quantitative estimate of drug-likeness (QED) is 0.223. The molecule has 0 unspecified atom stereocenters. The molecule has 3 aromatic rings. The maximum atomic E-state index is 11.3. The van der Waals surface area contributed by atoms with Crippen molar-refractivity contribution in [1.29, 1.82) is 0 Å². The number of benzene rings is 2. The van der Waals surface area contributed by atoms with Gasteiger partial charge < -0.3 is 15.1 Å². The minimum Gasteiger partial charge on any atom is -0.444 e. The van der Waals surface area contributed by atoms with Crippen molar-refractivity contribution in [3.8, 4) is 11.5 Å². The highest BCUT2D eigenvalue weighted by Gasteiger charge is 2.08. The first kappa shape index (κ1) is 24.8. The molecule has 0 atom stereocenters. The Morgan fingerprint density at radius 1 is 1.10 bits per heavy atom. The number of aromatic nitrogens is 1. The maximum Gasteiger partial charge on any atom is 0.238 e. The molecule has 2 aromatic carbocycles. The van der Waals surface area contributed by atoms with Gasteiger partial charge in [-0.15, -0.1) is 24.0 Å². The number of aliphatic imine (C=N–C) groups is 1. The summed E-state index contributed by atoms with van der Waals surface area (Å²) in [7, 11) is -3.67. The SMILES string of the molecule is CCNC(=NCc1coc(-c2ccccc2)n1)NCCc1ccc(S(N)(=O)=O)cc1.I. The van der Waals surface area contributed by atoms with Crippen molar-refractivity contribution in [1.82, 2.24) is 15.6 Å². The second-order valence-electron chi connectivity index (χ2n) is 6.57. The minimum atomic E-state index is -3.67. The Hall–Kier alpha value is -2.44. The minimum absolute atomic E-state index is 0. The highest BCUT2D eigenvalue weighted by molar-refractivity contribution is 14.0.